The normalized spacial score (nSPS) is 10.7. The van der Waals surface area contributed by atoms with Gasteiger partial charge in [-0.15, -0.1) is 21.5 Å². The number of amides is 1. The number of hydrogen-bond donors (Lipinski definition) is 1. The molecule has 3 aromatic rings. The molecule has 1 aromatic carbocycles. The van der Waals surface area contributed by atoms with Crippen LogP contribution in [-0.2, 0) is 11.2 Å². The third kappa shape index (κ3) is 4.64. The van der Waals surface area contributed by atoms with Gasteiger partial charge in [-0.2, -0.15) is 0 Å². The standard InChI is InChI=1S/C18H20N4O2S2/c1-13-20-21-18(22(13)14-5-7-15(24-2)8-6-14)26-12-17(23)19-10-9-16-4-3-11-25-16/h3-8,11H,9-10,12H2,1-2H3,(H,19,23). The monoisotopic (exact) mass is 388 g/mol. The Balaban J connectivity index is 1.57. The molecule has 6 nitrogen and oxygen atoms in total. The highest BCUT2D eigenvalue weighted by atomic mass is 32.2. The first-order valence-electron chi connectivity index (χ1n) is 8.15. The van der Waals surface area contributed by atoms with Crippen molar-refractivity contribution in [3.63, 3.8) is 0 Å². The van der Waals surface area contributed by atoms with Gasteiger partial charge in [0.05, 0.1) is 12.9 Å². The van der Waals surface area contributed by atoms with Crippen molar-refractivity contribution >= 4 is 29.0 Å². The largest absolute Gasteiger partial charge is 0.497 e. The van der Waals surface area contributed by atoms with Crippen LogP contribution in [0.25, 0.3) is 5.69 Å². The lowest BCUT2D eigenvalue weighted by Gasteiger charge is -2.09. The van der Waals surface area contributed by atoms with E-state index in [1.807, 2.05) is 47.2 Å². The first kappa shape index (κ1) is 18.5. The minimum Gasteiger partial charge on any atom is -0.497 e. The number of rotatable bonds is 8. The van der Waals surface area contributed by atoms with Gasteiger partial charge in [0.2, 0.25) is 5.91 Å². The lowest BCUT2D eigenvalue weighted by atomic mass is 10.3. The SMILES string of the molecule is COc1ccc(-n2c(C)nnc2SCC(=O)NCCc2cccs2)cc1. The first-order valence-corrected chi connectivity index (χ1v) is 10.0. The van der Waals surface area contributed by atoms with Crippen LogP contribution in [0.2, 0.25) is 0 Å². The number of thioether (sulfide) groups is 1. The predicted octanol–water partition coefficient (Wildman–Crippen LogP) is 3.10. The second-order valence-corrected chi connectivity index (χ2v) is 7.51. The van der Waals surface area contributed by atoms with E-state index in [1.165, 1.54) is 16.6 Å². The Kier molecular flexibility index (Phi) is 6.30. The van der Waals surface area contributed by atoms with Crippen molar-refractivity contribution in [1.29, 1.82) is 0 Å². The molecule has 0 spiro atoms. The zero-order valence-electron chi connectivity index (χ0n) is 14.6. The fourth-order valence-corrected chi connectivity index (χ4v) is 3.96. The number of methoxy groups -OCH3 is 1. The number of nitrogens with one attached hydrogen (secondary N) is 1. The van der Waals surface area contributed by atoms with Gasteiger partial charge in [0.25, 0.3) is 0 Å². The number of benzene rings is 1. The zero-order valence-corrected chi connectivity index (χ0v) is 16.3. The fourth-order valence-electron chi connectivity index (χ4n) is 2.43. The van der Waals surface area contributed by atoms with E-state index in [0.717, 1.165) is 23.7 Å². The van der Waals surface area contributed by atoms with Gasteiger partial charge in [0, 0.05) is 17.1 Å². The van der Waals surface area contributed by atoms with Crippen LogP contribution >= 0.6 is 23.1 Å². The Morgan fingerprint density at radius 3 is 2.77 bits per heavy atom. The highest BCUT2D eigenvalue weighted by Gasteiger charge is 2.13. The van der Waals surface area contributed by atoms with Crippen LogP contribution in [0.1, 0.15) is 10.7 Å². The highest BCUT2D eigenvalue weighted by Crippen LogP contribution is 2.23. The van der Waals surface area contributed by atoms with Gasteiger partial charge in [-0.25, -0.2) is 0 Å². The molecule has 0 aliphatic heterocycles. The second-order valence-electron chi connectivity index (χ2n) is 5.53. The summed E-state index contributed by atoms with van der Waals surface area (Å²) >= 11 is 3.08. The molecular weight excluding hydrogens is 368 g/mol. The smallest absolute Gasteiger partial charge is 0.230 e. The number of ether oxygens (including phenoxy) is 1. The maximum Gasteiger partial charge on any atom is 0.230 e. The van der Waals surface area contributed by atoms with E-state index < -0.39 is 0 Å². The molecule has 0 fully saturated rings. The summed E-state index contributed by atoms with van der Waals surface area (Å²) in [6, 6.07) is 11.8. The number of aromatic nitrogens is 3. The maximum atomic E-state index is 12.1. The van der Waals surface area contributed by atoms with E-state index in [4.69, 9.17) is 4.74 Å². The summed E-state index contributed by atoms with van der Waals surface area (Å²) in [5.41, 5.74) is 0.939. The molecule has 3 rings (SSSR count). The lowest BCUT2D eigenvalue weighted by molar-refractivity contribution is -0.118. The number of thiophene rings is 1. The summed E-state index contributed by atoms with van der Waals surface area (Å²) in [5.74, 6) is 1.86. The highest BCUT2D eigenvalue weighted by molar-refractivity contribution is 7.99. The zero-order chi connectivity index (χ0) is 18.4. The van der Waals surface area contributed by atoms with Crippen LogP contribution in [0, 0.1) is 6.92 Å². The molecule has 0 atom stereocenters. The van der Waals surface area contributed by atoms with Gasteiger partial charge in [0.1, 0.15) is 11.6 Å². The van der Waals surface area contributed by atoms with Crippen molar-refractivity contribution in [3.8, 4) is 11.4 Å². The summed E-state index contributed by atoms with van der Waals surface area (Å²) in [6.07, 6.45) is 0.856. The molecule has 2 aromatic heterocycles. The average Bonchev–Trinajstić information content (AvgIpc) is 3.30. The molecule has 0 radical (unpaired) electrons. The van der Waals surface area contributed by atoms with Gasteiger partial charge in [-0.1, -0.05) is 17.8 Å². The first-order chi connectivity index (χ1) is 12.7. The van der Waals surface area contributed by atoms with Crippen LogP contribution in [0.5, 0.6) is 5.75 Å². The molecule has 0 unspecified atom stereocenters. The minimum absolute atomic E-state index is 0.00603. The number of aryl methyl sites for hydroxylation is 1. The van der Waals surface area contributed by atoms with Crippen LogP contribution in [0.15, 0.2) is 46.9 Å². The van der Waals surface area contributed by atoms with Crippen LogP contribution in [0.4, 0.5) is 0 Å². The van der Waals surface area contributed by atoms with E-state index in [2.05, 4.69) is 21.6 Å². The Labute approximate surface area is 160 Å². The summed E-state index contributed by atoms with van der Waals surface area (Å²) in [7, 11) is 1.64. The molecule has 1 N–H and O–H groups in total. The summed E-state index contributed by atoms with van der Waals surface area (Å²) in [4.78, 5) is 13.4. The molecule has 0 aliphatic rings. The third-order valence-corrected chi connectivity index (χ3v) is 5.60. The molecule has 0 saturated heterocycles. The molecule has 1 amide bonds. The summed E-state index contributed by atoms with van der Waals surface area (Å²) < 4.78 is 7.13. The summed E-state index contributed by atoms with van der Waals surface area (Å²) in [5, 5.41) is 14.0. The molecule has 26 heavy (non-hydrogen) atoms. The quantitative estimate of drug-likeness (QED) is 0.601. The second kappa shape index (κ2) is 8.86. The summed E-state index contributed by atoms with van der Waals surface area (Å²) in [6.45, 7) is 2.53. The predicted molar refractivity (Wildman–Crippen MR) is 104 cm³/mol. The van der Waals surface area contributed by atoms with Gasteiger partial charge < -0.3 is 10.1 Å². The van der Waals surface area contributed by atoms with Crippen molar-refractivity contribution in [2.24, 2.45) is 0 Å². The average molecular weight is 389 g/mol. The van der Waals surface area contributed by atoms with Crippen molar-refractivity contribution in [3.05, 3.63) is 52.5 Å². The molecule has 136 valence electrons. The number of nitrogens with zero attached hydrogens (tertiary/aromatic N) is 3. The van der Waals surface area contributed by atoms with Gasteiger partial charge in [-0.3, -0.25) is 9.36 Å². The Bertz CT molecular complexity index is 845. The topological polar surface area (TPSA) is 69.0 Å². The van der Waals surface area contributed by atoms with Crippen molar-refractivity contribution in [1.82, 2.24) is 20.1 Å². The number of carbonyl (C=O) groups excluding carboxylic acids is 1. The Morgan fingerprint density at radius 2 is 2.08 bits per heavy atom. The number of carbonyl (C=O) groups is 1. The van der Waals surface area contributed by atoms with Gasteiger partial charge >= 0.3 is 0 Å². The van der Waals surface area contributed by atoms with E-state index >= 15 is 0 Å². The molecular formula is C18H20N4O2S2. The number of hydrogen-bond acceptors (Lipinski definition) is 6. The van der Waals surface area contributed by atoms with Crippen molar-refractivity contribution in [2.75, 3.05) is 19.4 Å². The van der Waals surface area contributed by atoms with Gasteiger partial charge in [-0.05, 0) is 49.1 Å². The molecule has 8 heteroatoms. The molecule has 0 bridgehead atoms. The van der Waals surface area contributed by atoms with E-state index in [1.54, 1.807) is 18.4 Å². The van der Waals surface area contributed by atoms with Crippen molar-refractivity contribution in [2.45, 2.75) is 18.5 Å². The molecule has 2 heterocycles. The molecule has 0 aliphatic carbocycles. The van der Waals surface area contributed by atoms with Crippen LogP contribution in [0.3, 0.4) is 0 Å². The van der Waals surface area contributed by atoms with E-state index in [-0.39, 0.29) is 5.91 Å². The minimum atomic E-state index is -0.00603. The van der Waals surface area contributed by atoms with Crippen molar-refractivity contribution < 1.29 is 9.53 Å². The van der Waals surface area contributed by atoms with Crippen LogP contribution < -0.4 is 10.1 Å². The maximum absolute atomic E-state index is 12.1. The molecule has 0 saturated carbocycles. The Morgan fingerprint density at radius 1 is 1.27 bits per heavy atom. The fraction of sp³-hybridized carbons (Fsp3) is 0.278. The van der Waals surface area contributed by atoms with Gasteiger partial charge in [0.15, 0.2) is 5.16 Å². The van der Waals surface area contributed by atoms with Crippen LogP contribution in [-0.4, -0.2) is 40.1 Å². The van der Waals surface area contributed by atoms with E-state index in [9.17, 15) is 4.79 Å². The van der Waals surface area contributed by atoms with E-state index in [0.29, 0.717) is 17.5 Å². The lowest BCUT2D eigenvalue weighted by Crippen LogP contribution is -2.27. The Hall–Kier alpha value is -2.32. The third-order valence-electron chi connectivity index (χ3n) is 3.73.